The molecule has 1 unspecified atom stereocenters. The van der Waals surface area contributed by atoms with Crippen molar-refractivity contribution >= 4 is 5.91 Å². The molecular formula is C18H26F3N3O. The molecule has 1 aliphatic rings. The minimum absolute atomic E-state index is 0.108. The van der Waals surface area contributed by atoms with E-state index in [-0.39, 0.29) is 11.9 Å². The summed E-state index contributed by atoms with van der Waals surface area (Å²) in [4.78, 5) is 16.2. The Morgan fingerprint density at radius 2 is 2.00 bits per heavy atom. The summed E-state index contributed by atoms with van der Waals surface area (Å²) < 4.78 is 38.7. The molecule has 4 nitrogen and oxygen atoms in total. The normalized spacial score (nSPS) is 17.0. The lowest BCUT2D eigenvalue weighted by Gasteiger charge is -2.31. The number of piperazine rings is 1. The lowest BCUT2D eigenvalue weighted by Crippen LogP contribution is -2.47. The van der Waals surface area contributed by atoms with Gasteiger partial charge >= 0.3 is 6.18 Å². The molecule has 1 N–H and O–H groups in total. The molecule has 7 heteroatoms. The molecule has 25 heavy (non-hydrogen) atoms. The summed E-state index contributed by atoms with van der Waals surface area (Å²) >= 11 is 0. The highest BCUT2D eigenvalue weighted by Gasteiger charge is 2.31. The molecule has 1 aliphatic heterocycles. The van der Waals surface area contributed by atoms with Crippen LogP contribution in [0.15, 0.2) is 24.3 Å². The molecule has 1 amide bonds. The summed E-state index contributed by atoms with van der Waals surface area (Å²) in [6.45, 7) is 8.10. The average molecular weight is 357 g/mol. The fourth-order valence-corrected chi connectivity index (χ4v) is 3.12. The molecule has 140 valence electrons. The van der Waals surface area contributed by atoms with Crippen LogP contribution in [0.5, 0.6) is 0 Å². The van der Waals surface area contributed by atoms with Crippen LogP contribution in [-0.2, 0) is 11.0 Å². The van der Waals surface area contributed by atoms with Crippen LogP contribution in [0.2, 0.25) is 0 Å². The van der Waals surface area contributed by atoms with Gasteiger partial charge in [-0.3, -0.25) is 9.69 Å². The monoisotopic (exact) mass is 357 g/mol. The van der Waals surface area contributed by atoms with Crippen LogP contribution in [0.4, 0.5) is 13.2 Å². The largest absolute Gasteiger partial charge is 0.416 e. The van der Waals surface area contributed by atoms with Crippen molar-refractivity contribution in [2.45, 2.75) is 32.5 Å². The summed E-state index contributed by atoms with van der Waals surface area (Å²) in [5, 5.41) is 3.21. The second-order valence-corrected chi connectivity index (χ2v) is 6.31. The van der Waals surface area contributed by atoms with Crippen LogP contribution in [-0.4, -0.2) is 55.0 Å². The van der Waals surface area contributed by atoms with Crippen molar-refractivity contribution in [2.24, 2.45) is 0 Å². The number of nitrogens with zero attached hydrogens (tertiary/aromatic N) is 2. The first-order chi connectivity index (χ1) is 11.8. The third-order valence-electron chi connectivity index (χ3n) is 4.73. The number of halogens is 3. The van der Waals surface area contributed by atoms with Gasteiger partial charge in [0.05, 0.1) is 5.56 Å². The van der Waals surface area contributed by atoms with Gasteiger partial charge in [-0.25, -0.2) is 0 Å². The van der Waals surface area contributed by atoms with Crippen molar-refractivity contribution in [3.05, 3.63) is 35.4 Å². The number of nitrogens with one attached hydrogen (secondary N) is 1. The number of rotatable bonds is 6. The third-order valence-corrected chi connectivity index (χ3v) is 4.73. The number of benzene rings is 1. The molecule has 0 bridgehead atoms. The lowest BCUT2D eigenvalue weighted by atomic mass is 10.0. The van der Waals surface area contributed by atoms with E-state index in [0.29, 0.717) is 38.2 Å². The van der Waals surface area contributed by atoms with E-state index < -0.39 is 11.7 Å². The highest BCUT2D eigenvalue weighted by atomic mass is 19.4. The van der Waals surface area contributed by atoms with Crippen molar-refractivity contribution in [3.63, 3.8) is 0 Å². The van der Waals surface area contributed by atoms with Crippen molar-refractivity contribution in [1.29, 1.82) is 0 Å². The van der Waals surface area contributed by atoms with Gasteiger partial charge in [0.1, 0.15) is 0 Å². The van der Waals surface area contributed by atoms with E-state index >= 15 is 0 Å². The maximum atomic E-state index is 12.9. The molecule has 0 aromatic heterocycles. The van der Waals surface area contributed by atoms with Crippen molar-refractivity contribution < 1.29 is 18.0 Å². The molecule has 1 atom stereocenters. The summed E-state index contributed by atoms with van der Waals surface area (Å²) in [7, 11) is 0. The SMILES string of the molecule is CCN(CCC(=O)N1CCNCC1)C(C)c1cccc(C(F)(F)F)c1. The van der Waals surface area contributed by atoms with Crippen LogP contribution >= 0.6 is 0 Å². The van der Waals surface area contributed by atoms with Crippen LogP contribution in [0, 0.1) is 0 Å². The molecule has 1 heterocycles. The van der Waals surface area contributed by atoms with E-state index in [2.05, 4.69) is 5.32 Å². The Hall–Kier alpha value is -1.60. The van der Waals surface area contributed by atoms with E-state index in [9.17, 15) is 18.0 Å². The number of alkyl halides is 3. The standard InChI is InChI=1S/C18H26F3N3O/c1-3-23(10-7-17(25)24-11-8-22-9-12-24)14(2)15-5-4-6-16(13-15)18(19,20)21/h4-6,13-14,22H,3,7-12H2,1-2H3. The van der Waals surface area contributed by atoms with Gasteiger partial charge in [0.15, 0.2) is 0 Å². The minimum atomic E-state index is -4.34. The number of carbonyl (C=O) groups excluding carboxylic acids is 1. The molecule has 0 aliphatic carbocycles. The zero-order chi connectivity index (χ0) is 18.4. The average Bonchev–Trinajstić information content (AvgIpc) is 2.62. The number of amides is 1. The Bertz CT molecular complexity index is 571. The molecule has 0 saturated carbocycles. The van der Waals surface area contributed by atoms with Gasteiger partial charge in [-0.15, -0.1) is 0 Å². The predicted molar refractivity (Wildman–Crippen MR) is 91.2 cm³/mol. The van der Waals surface area contributed by atoms with E-state index in [1.54, 1.807) is 6.07 Å². The zero-order valence-electron chi connectivity index (χ0n) is 14.8. The smallest absolute Gasteiger partial charge is 0.340 e. The predicted octanol–water partition coefficient (Wildman–Crippen LogP) is 2.91. The van der Waals surface area contributed by atoms with Crippen molar-refractivity contribution in [3.8, 4) is 0 Å². The second kappa shape index (κ2) is 8.67. The maximum Gasteiger partial charge on any atom is 0.416 e. The first-order valence-electron chi connectivity index (χ1n) is 8.72. The molecular weight excluding hydrogens is 331 g/mol. The van der Waals surface area contributed by atoms with Crippen LogP contribution in [0.3, 0.4) is 0 Å². The van der Waals surface area contributed by atoms with E-state index in [0.717, 1.165) is 19.2 Å². The Kier molecular flexibility index (Phi) is 6.84. The molecule has 2 rings (SSSR count). The summed E-state index contributed by atoms with van der Waals surface area (Å²) in [5.41, 5.74) is -0.0175. The first kappa shape index (κ1) is 19.7. The van der Waals surface area contributed by atoms with Gasteiger partial charge in [-0.05, 0) is 31.2 Å². The number of hydrogen-bond donors (Lipinski definition) is 1. The highest BCUT2D eigenvalue weighted by Crippen LogP contribution is 2.31. The molecule has 1 aromatic rings. The molecule has 0 spiro atoms. The van der Waals surface area contributed by atoms with Crippen molar-refractivity contribution in [2.75, 3.05) is 39.3 Å². The fraction of sp³-hybridized carbons (Fsp3) is 0.611. The van der Waals surface area contributed by atoms with Crippen LogP contribution in [0.25, 0.3) is 0 Å². The summed E-state index contributed by atoms with van der Waals surface area (Å²) in [6, 6.07) is 5.25. The number of carbonyl (C=O) groups is 1. The third kappa shape index (κ3) is 5.44. The zero-order valence-corrected chi connectivity index (χ0v) is 14.8. The van der Waals surface area contributed by atoms with Crippen LogP contribution in [0.1, 0.15) is 37.4 Å². The lowest BCUT2D eigenvalue weighted by molar-refractivity contribution is -0.137. The van der Waals surface area contributed by atoms with Gasteiger partial charge in [-0.2, -0.15) is 13.2 Å². The molecule has 1 fully saturated rings. The summed E-state index contributed by atoms with van der Waals surface area (Å²) in [6.07, 6.45) is -3.96. The molecule has 1 saturated heterocycles. The van der Waals surface area contributed by atoms with Gasteiger partial charge in [0, 0.05) is 45.2 Å². The van der Waals surface area contributed by atoms with Gasteiger partial charge < -0.3 is 10.2 Å². The van der Waals surface area contributed by atoms with E-state index in [1.807, 2.05) is 23.6 Å². The van der Waals surface area contributed by atoms with E-state index in [1.165, 1.54) is 12.1 Å². The number of hydrogen-bond acceptors (Lipinski definition) is 3. The van der Waals surface area contributed by atoms with Gasteiger partial charge in [0.25, 0.3) is 0 Å². The Morgan fingerprint density at radius 3 is 2.60 bits per heavy atom. The van der Waals surface area contributed by atoms with Gasteiger partial charge in [0.2, 0.25) is 5.91 Å². The topological polar surface area (TPSA) is 35.6 Å². The Balaban J connectivity index is 1.98. The quantitative estimate of drug-likeness (QED) is 0.850. The van der Waals surface area contributed by atoms with Gasteiger partial charge in [-0.1, -0.05) is 19.1 Å². The summed E-state index contributed by atoms with van der Waals surface area (Å²) in [5.74, 6) is 0.108. The fourth-order valence-electron chi connectivity index (χ4n) is 3.12. The molecule has 1 aromatic carbocycles. The molecule has 0 radical (unpaired) electrons. The maximum absolute atomic E-state index is 12.9. The Morgan fingerprint density at radius 1 is 1.32 bits per heavy atom. The van der Waals surface area contributed by atoms with E-state index in [4.69, 9.17) is 0 Å². The van der Waals surface area contributed by atoms with Crippen molar-refractivity contribution in [1.82, 2.24) is 15.1 Å². The van der Waals surface area contributed by atoms with Crippen LogP contribution < -0.4 is 5.32 Å². The first-order valence-corrected chi connectivity index (χ1v) is 8.72. The highest BCUT2D eigenvalue weighted by molar-refractivity contribution is 5.76. The Labute approximate surface area is 147 Å². The minimum Gasteiger partial charge on any atom is -0.340 e. The second-order valence-electron chi connectivity index (χ2n) is 6.31.